The Hall–Kier alpha value is -0.840. The number of hydrogen-bond donors (Lipinski definition) is 1. The van der Waals surface area contributed by atoms with E-state index in [1.807, 2.05) is 22.8 Å². The van der Waals surface area contributed by atoms with Crippen LogP contribution in [0.3, 0.4) is 0 Å². The summed E-state index contributed by atoms with van der Waals surface area (Å²) in [4.78, 5) is 4.06. The van der Waals surface area contributed by atoms with Gasteiger partial charge in [-0.25, -0.2) is 4.98 Å². The molecule has 0 saturated heterocycles. The molecule has 1 aromatic heterocycles. The molecule has 0 atom stereocenters. The molecule has 0 unspecified atom stereocenters. The molecule has 0 saturated carbocycles. The fourth-order valence-corrected chi connectivity index (χ4v) is 1.99. The molecule has 15 heavy (non-hydrogen) atoms. The Balaban J connectivity index is 2.59. The summed E-state index contributed by atoms with van der Waals surface area (Å²) in [6.07, 6.45) is 3.46. The van der Waals surface area contributed by atoms with E-state index in [2.05, 4.69) is 20.9 Å². The van der Waals surface area contributed by atoms with Crippen molar-refractivity contribution in [3.8, 4) is 5.69 Å². The maximum atomic E-state index is 6.01. The van der Waals surface area contributed by atoms with Crippen LogP contribution in [0.25, 0.3) is 5.69 Å². The molecular formula is C10H9BrClN3. The van der Waals surface area contributed by atoms with E-state index in [0.717, 1.165) is 15.9 Å². The van der Waals surface area contributed by atoms with E-state index in [9.17, 15) is 0 Å². The summed E-state index contributed by atoms with van der Waals surface area (Å²) in [5.41, 5.74) is 7.50. The Bertz CT molecular complexity index is 481. The fourth-order valence-electron chi connectivity index (χ4n) is 1.37. The van der Waals surface area contributed by atoms with Crippen LogP contribution in [0.2, 0.25) is 5.02 Å². The van der Waals surface area contributed by atoms with Crippen molar-refractivity contribution in [3.05, 3.63) is 45.9 Å². The highest BCUT2D eigenvalue weighted by molar-refractivity contribution is 9.10. The van der Waals surface area contributed by atoms with E-state index in [-0.39, 0.29) is 0 Å². The molecular weight excluding hydrogens is 277 g/mol. The van der Waals surface area contributed by atoms with Crippen LogP contribution < -0.4 is 5.73 Å². The minimum Gasteiger partial charge on any atom is -0.325 e. The summed E-state index contributed by atoms with van der Waals surface area (Å²) in [5.74, 6) is 0. The van der Waals surface area contributed by atoms with Crippen molar-refractivity contribution in [2.24, 2.45) is 5.73 Å². The average molecular weight is 287 g/mol. The standard InChI is InChI=1S/C10H9BrClN3/c11-10-8(12)2-1-3-9(10)15-6-14-5-7(15)4-13/h1-3,5-6H,4,13H2. The van der Waals surface area contributed by atoms with Gasteiger partial charge in [-0.1, -0.05) is 17.7 Å². The largest absolute Gasteiger partial charge is 0.325 e. The zero-order valence-corrected chi connectivity index (χ0v) is 10.2. The van der Waals surface area contributed by atoms with Crippen LogP contribution >= 0.6 is 27.5 Å². The molecule has 0 aliphatic carbocycles. The van der Waals surface area contributed by atoms with Crippen molar-refractivity contribution in [1.82, 2.24) is 9.55 Å². The van der Waals surface area contributed by atoms with Crippen molar-refractivity contribution in [3.63, 3.8) is 0 Å². The van der Waals surface area contributed by atoms with Crippen molar-refractivity contribution >= 4 is 27.5 Å². The average Bonchev–Trinajstić information content (AvgIpc) is 2.70. The Kier molecular flexibility index (Phi) is 3.09. The first-order valence-corrected chi connectivity index (χ1v) is 5.57. The lowest BCUT2D eigenvalue weighted by atomic mass is 10.3. The number of rotatable bonds is 2. The number of aromatic nitrogens is 2. The van der Waals surface area contributed by atoms with Crippen molar-refractivity contribution in [1.29, 1.82) is 0 Å². The summed E-state index contributed by atoms with van der Waals surface area (Å²) in [6, 6.07) is 5.67. The van der Waals surface area contributed by atoms with E-state index in [0.29, 0.717) is 11.6 Å². The van der Waals surface area contributed by atoms with E-state index in [4.69, 9.17) is 17.3 Å². The topological polar surface area (TPSA) is 43.8 Å². The van der Waals surface area contributed by atoms with Gasteiger partial charge in [-0.2, -0.15) is 0 Å². The molecule has 2 N–H and O–H groups in total. The molecule has 1 aromatic carbocycles. The maximum absolute atomic E-state index is 6.01. The molecule has 2 rings (SSSR count). The summed E-state index contributed by atoms with van der Waals surface area (Å²) < 4.78 is 2.76. The van der Waals surface area contributed by atoms with E-state index >= 15 is 0 Å². The van der Waals surface area contributed by atoms with E-state index < -0.39 is 0 Å². The summed E-state index contributed by atoms with van der Waals surface area (Å²) in [6.45, 7) is 0.443. The molecule has 0 bridgehead atoms. The first-order chi connectivity index (χ1) is 7.24. The first kappa shape index (κ1) is 10.7. The number of hydrogen-bond acceptors (Lipinski definition) is 2. The molecule has 2 aromatic rings. The van der Waals surface area contributed by atoms with Gasteiger partial charge < -0.3 is 10.3 Å². The molecule has 0 radical (unpaired) electrons. The molecule has 0 spiro atoms. The molecule has 0 fully saturated rings. The Morgan fingerprint density at radius 2 is 2.27 bits per heavy atom. The maximum Gasteiger partial charge on any atom is 0.0995 e. The van der Waals surface area contributed by atoms with Gasteiger partial charge in [0.1, 0.15) is 0 Å². The molecule has 0 amide bonds. The lowest BCUT2D eigenvalue weighted by molar-refractivity contribution is 0.907. The second-order valence-electron chi connectivity index (χ2n) is 3.03. The highest BCUT2D eigenvalue weighted by Crippen LogP contribution is 2.29. The van der Waals surface area contributed by atoms with Crippen LogP contribution in [-0.2, 0) is 6.54 Å². The van der Waals surface area contributed by atoms with Gasteiger partial charge in [0.25, 0.3) is 0 Å². The van der Waals surface area contributed by atoms with Gasteiger partial charge in [-0.3, -0.25) is 0 Å². The zero-order chi connectivity index (χ0) is 10.8. The normalized spacial score (nSPS) is 10.6. The minimum atomic E-state index is 0.443. The number of imidazole rings is 1. The highest BCUT2D eigenvalue weighted by atomic mass is 79.9. The molecule has 5 heteroatoms. The van der Waals surface area contributed by atoms with Gasteiger partial charge >= 0.3 is 0 Å². The van der Waals surface area contributed by atoms with Crippen LogP contribution in [0, 0.1) is 0 Å². The SMILES string of the molecule is NCc1cncn1-c1cccc(Cl)c1Br. The van der Waals surface area contributed by atoms with E-state index in [1.165, 1.54) is 0 Å². The smallest absolute Gasteiger partial charge is 0.0995 e. The third-order valence-corrected chi connectivity index (χ3v) is 3.49. The van der Waals surface area contributed by atoms with Gasteiger partial charge in [0, 0.05) is 12.7 Å². The Labute approximate surface area is 101 Å². The van der Waals surface area contributed by atoms with Crippen molar-refractivity contribution in [2.75, 3.05) is 0 Å². The quantitative estimate of drug-likeness (QED) is 0.922. The fraction of sp³-hybridized carbons (Fsp3) is 0.100. The Morgan fingerprint density at radius 1 is 1.47 bits per heavy atom. The van der Waals surface area contributed by atoms with Gasteiger partial charge in [-0.05, 0) is 28.1 Å². The number of halogens is 2. The van der Waals surface area contributed by atoms with Gasteiger partial charge in [0.2, 0.25) is 0 Å². The summed E-state index contributed by atoms with van der Waals surface area (Å²) in [7, 11) is 0. The van der Waals surface area contributed by atoms with Gasteiger partial charge in [0.05, 0.1) is 27.2 Å². The number of benzene rings is 1. The Morgan fingerprint density at radius 3 is 3.00 bits per heavy atom. The summed E-state index contributed by atoms with van der Waals surface area (Å²) >= 11 is 9.46. The summed E-state index contributed by atoms with van der Waals surface area (Å²) in [5, 5.41) is 0.671. The lowest BCUT2D eigenvalue weighted by Gasteiger charge is -2.09. The van der Waals surface area contributed by atoms with Crippen molar-refractivity contribution in [2.45, 2.75) is 6.54 Å². The number of nitrogens with zero attached hydrogens (tertiary/aromatic N) is 2. The predicted octanol–water partition coefficient (Wildman–Crippen LogP) is 2.75. The monoisotopic (exact) mass is 285 g/mol. The van der Waals surface area contributed by atoms with Crippen LogP contribution in [-0.4, -0.2) is 9.55 Å². The lowest BCUT2D eigenvalue weighted by Crippen LogP contribution is -2.05. The molecule has 3 nitrogen and oxygen atoms in total. The highest BCUT2D eigenvalue weighted by Gasteiger charge is 2.08. The number of nitrogens with two attached hydrogens (primary N) is 1. The third-order valence-electron chi connectivity index (χ3n) is 2.12. The van der Waals surface area contributed by atoms with Crippen molar-refractivity contribution < 1.29 is 0 Å². The molecule has 0 aliphatic rings. The van der Waals surface area contributed by atoms with Crippen LogP contribution in [0.4, 0.5) is 0 Å². The van der Waals surface area contributed by atoms with E-state index in [1.54, 1.807) is 12.5 Å². The third kappa shape index (κ3) is 1.93. The predicted molar refractivity (Wildman–Crippen MR) is 64.2 cm³/mol. The van der Waals surface area contributed by atoms with Crippen LogP contribution in [0.5, 0.6) is 0 Å². The second kappa shape index (κ2) is 4.35. The van der Waals surface area contributed by atoms with Crippen LogP contribution in [0.15, 0.2) is 35.2 Å². The van der Waals surface area contributed by atoms with Gasteiger partial charge in [-0.15, -0.1) is 0 Å². The first-order valence-electron chi connectivity index (χ1n) is 4.39. The molecule has 0 aliphatic heterocycles. The molecule has 1 heterocycles. The minimum absolute atomic E-state index is 0.443. The zero-order valence-electron chi connectivity index (χ0n) is 7.82. The molecule has 78 valence electrons. The van der Waals surface area contributed by atoms with Gasteiger partial charge in [0.15, 0.2) is 0 Å². The van der Waals surface area contributed by atoms with Crippen LogP contribution in [0.1, 0.15) is 5.69 Å². The second-order valence-corrected chi connectivity index (χ2v) is 4.23.